The Bertz CT molecular complexity index is 327. The molecular formula is C11H17N3O2. The van der Waals surface area contributed by atoms with Crippen molar-refractivity contribution in [3.8, 4) is 0 Å². The summed E-state index contributed by atoms with van der Waals surface area (Å²) in [5.74, 6) is 1.19. The number of aryl methyl sites for hydroxylation is 1. The fourth-order valence-electron chi connectivity index (χ4n) is 1.89. The lowest BCUT2D eigenvalue weighted by Gasteiger charge is -2.21. The molecule has 2 rings (SSSR count). The first-order chi connectivity index (χ1) is 7.90. The van der Waals surface area contributed by atoms with Crippen LogP contribution in [-0.2, 0) is 11.2 Å². The van der Waals surface area contributed by atoms with E-state index in [4.69, 9.17) is 9.84 Å². The highest BCUT2D eigenvalue weighted by molar-refractivity contribution is 5.05. The van der Waals surface area contributed by atoms with Gasteiger partial charge in [0.2, 0.25) is 0 Å². The summed E-state index contributed by atoms with van der Waals surface area (Å²) in [6.45, 7) is 1.78. The van der Waals surface area contributed by atoms with Crippen molar-refractivity contribution < 1.29 is 9.84 Å². The first kappa shape index (κ1) is 11.4. The Kier molecular flexibility index (Phi) is 4.18. The van der Waals surface area contributed by atoms with Gasteiger partial charge in [0, 0.05) is 32.2 Å². The molecule has 16 heavy (non-hydrogen) atoms. The molecule has 0 amide bonds. The topological polar surface area (TPSA) is 68.1 Å². The Morgan fingerprint density at radius 1 is 1.38 bits per heavy atom. The Morgan fingerprint density at radius 2 is 2.19 bits per heavy atom. The molecule has 1 aliphatic rings. The van der Waals surface area contributed by atoms with Gasteiger partial charge in [0.15, 0.2) is 5.82 Å². The molecule has 5 heteroatoms. The summed E-state index contributed by atoms with van der Waals surface area (Å²) in [6, 6.07) is 0. The smallest absolute Gasteiger partial charge is 0.151 e. The predicted octanol–water partition coefficient (Wildman–Crippen LogP) is 0.690. The first-order valence-electron chi connectivity index (χ1n) is 5.77. The van der Waals surface area contributed by atoms with Gasteiger partial charge in [0.1, 0.15) is 0 Å². The summed E-state index contributed by atoms with van der Waals surface area (Å²) in [5, 5.41) is 16.7. The maximum absolute atomic E-state index is 8.75. The second-order valence-electron chi connectivity index (χ2n) is 4.01. The van der Waals surface area contributed by atoms with E-state index in [-0.39, 0.29) is 6.61 Å². The fraction of sp³-hybridized carbons (Fsp3) is 0.727. The van der Waals surface area contributed by atoms with Gasteiger partial charge in [0.05, 0.1) is 11.9 Å². The van der Waals surface area contributed by atoms with Crippen molar-refractivity contribution in [3.05, 3.63) is 17.7 Å². The van der Waals surface area contributed by atoms with E-state index in [1.807, 2.05) is 0 Å². The lowest BCUT2D eigenvalue weighted by Crippen LogP contribution is -2.16. The van der Waals surface area contributed by atoms with E-state index in [0.29, 0.717) is 18.8 Å². The van der Waals surface area contributed by atoms with Crippen molar-refractivity contribution in [3.63, 3.8) is 0 Å². The van der Waals surface area contributed by atoms with Crippen LogP contribution in [0.3, 0.4) is 0 Å². The van der Waals surface area contributed by atoms with Crippen LogP contribution in [0.15, 0.2) is 6.20 Å². The Morgan fingerprint density at radius 3 is 2.94 bits per heavy atom. The minimum Gasteiger partial charge on any atom is -0.396 e. The SMILES string of the molecule is OCCCc1nncc(C2CCOCC2)n1. The minimum absolute atomic E-state index is 0.171. The number of aliphatic hydroxyl groups excluding tert-OH is 1. The van der Waals surface area contributed by atoms with Gasteiger partial charge in [-0.2, -0.15) is 5.10 Å². The van der Waals surface area contributed by atoms with Crippen LogP contribution in [0.25, 0.3) is 0 Å². The summed E-state index contributed by atoms with van der Waals surface area (Å²) < 4.78 is 5.32. The van der Waals surface area contributed by atoms with Gasteiger partial charge in [-0.1, -0.05) is 0 Å². The number of rotatable bonds is 4. The van der Waals surface area contributed by atoms with E-state index >= 15 is 0 Å². The number of aromatic nitrogens is 3. The maximum Gasteiger partial charge on any atom is 0.151 e. The van der Waals surface area contributed by atoms with Crippen molar-refractivity contribution in [1.29, 1.82) is 0 Å². The third-order valence-corrected chi connectivity index (χ3v) is 2.82. The van der Waals surface area contributed by atoms with Crippen LogP contribution in [0, 0.1) is 0 Å². The molecule has 0 radical (unpaired) electrons. The van der Waals surface area contributed by atoms with Gasteiger partial charge in [-0.15, -0.1) is 5.10 Å². The lowest BCUT2D eigenvalue weighted by molar-refractivity contribution is 0.0843. The van der Waals surface area contributed by atoms with Crippen molar-refractivity contribution in [1.82, 2.24) is 15.2 Å². The van der Waals surface area contributed by atoms with E-state index in [0.717, 1.165) is 37.6 Å². The molecule has 5 nitrogen and oxygen atoms in total. The van der Waals surface area contributed by atoms with Gasteiger partial charge >= 0.3 is 0 Å². The molecule has 1 aliphatic heterocycles. The fourth-order valence-corrected chi connectivity index (χ4v) is 1.89. The van der Waals surface area contributed by atoms with Crippen LogP contribution in [0.2, 0.25) is 0 Å². The molecule has 88 valence electrons. The van der Waals surface area contributed by atoms with Gasteiger partial charge in [0.25, 0.3) is 0 Å². The molecule has 1 fully saturated rings. The Balaban J connectivity index is 2.02. The molecule has 1 aromatic heterocycles. The third-order valence-electron chi connectivity index (χ3n) is 2.82. The summed E-state index contributed by atoms with van der Waals surface area (Å²) in [4.78, 5) is 4.49. The number of hydrogen-bond acceptors (Lipinski definition) is 5. The second kappa shape index (κ2) is 5.86. The molecule has 0 saturated carbocycles. The van der Waals surface area contributed by atoms with E-state index in [9.17, 15) is 0 Å². The summed E-state index contributed by atoms with van der Waals surface area (Å²) in [7, 11) is 0. The maximum atomic E-state index is 8.75. The molecule has 1 N–H and O–H groups in total. The average Bonchev–Trinajstić information content (AvgIpc) is 2.38. The molecular weight excluding hydrogens is 206 g/mol. The molecule has 0 aromatic carbocycles. The summed E-state index contributed by atoms with van der Waals surface area (Å²) in [5.41, 5.74) is 1.02. The number of aliphatic hydroxyl groups is 1. The van der Waals surface area contributed by atoms with E-state index in [2.05, 4.69) is 15.2 Å². The monoisotopic (exact) mass is 223 g/mol. The van der Waals surface area contributed by atoms with Crippen molar-refractivity contribution in [2.24, 2.45) is 0 Å². The van der Waals surface area contributed by atoms with Crippen LogP contribution < -0.4 is 0 Å². The third kappa shape index (κ3) is 2.96. The van der Waals surface area contributed by atoms with Crippen molar-refractivity contribution in [2.45, 2.75) is 31.6 Å². The first-order valence-corrected chi connectivity index (χ1v) is 5.77. The zero-order valence-corrected chi connectivity index (χ0v) is 9.30. The standard InChI is InChI=1S/C11H17N3O2/c15-5-1-2-11-13-10(8-12-14-11)9-3-6-16-7-4-9/h8-9,15H,1-7H2. The average molecular weight is 223 g/mol. The molecule has 0 atom stereocenters. The number of ether oxygens (including phenoxy) is 1. The highest BCUT2D eigenvalue weighted by atomic mass is 16.5. The Hall–Kier alpha value is -1.07. The number of nitrogens with zero attached hydrogens (tertiary/aromatic N) is 3. The van der Waals surface area contributed by atoms with Crippen molar-refractivity contribution >= 4 is 0 Å². The largest absolute Gasteiger partial charge is 0.396 e. The normalized spacial score (nSPS) is 17.6. The van der Waals surface area contributed by atoms with Crippen LogP contribution >= 0.6 is 0 Å². The minimum atomic E-state index is 0.171. The van der Waals surface area contributed by atoms with Crippen LogP contribution in [0.4, 0.5) is 0 Å². The highest BCUT2D eigenvalue weighted by Crippen LogP contribution is 2.24. The van der Waals surface area contributed by atoms with Crippen LogP contribution in [-0.4, -0.2) is 40.1 Å². The lowest BCUT2D eigenvalue weighted by atomic mass is 9.97. The second-order valence-corrected chi connectivity index (χ2v) is 4.01. The molecule has 0 bridgehead atoms. The van der Waals surface area contributed by atoms with Crippen molar-refractivity contribution in [2.75, 3.05) is 19.8 Å². The Labute approximate surface area is 94.9 Å². The van der Waals surface area contributed by atoms with Gasteiger partial charge in [-0.25, -0.2) is 4.98 Å². The molecule has 1 saturated heterocycles. The molecule has 1 aromatic rings. The molecule has 0 unspecified atom stereocenters. The highest BCUT2D eigenvalue weighted by Gasteiger charge is 2.18. The summed E-state index contributed by atoms with van der Waals surface area (Å²) in [6.07, 6.45) is 5.16. The molecule has 2 heterocycles. The van der Waals surface area contributed by atoms with Gasteiger partial charge < -0.3 is 9.84 Å². The summed E-state index contributed by atoms with van der Waals surface area (Å²) >= 11 is 0. The zero-order chi connectivity index (χ0) is 11.2. The van der Waals surface area contributed by atoms with E-state index in [1.54, 1.807) is 6.20 Å². The van der Waals surface area contributed by atoms with E-state index < -0.39 is 0 Å². The quantitative estimate of drug-likeness (QED) is 0.813. The molecule has 0 aliphatic carbocycles. The molecule has 0 spiro atoms. The number of hydrogen-bond donors (Lipinski definition) is 1. The predicted molar refractivity (Wildman–Crippen MR) is 58.0 cm³/mol. The van der Waals surface area contributed by atoms with Gasteiger partial charge in [-0.05, 0) is 19.3 Å². The van der Waals surface area contributed by atoms with Crippen LogP contribution in [0.5, 0.6) is 0 Å². The zero-order valence-electron chi connectivity index (χ0n) is 9.30. The van der Waals surface area contributed by atoms with E-state index in [1.165, 1.54) is 0 Å². The van der Waals surface area contributed by atoms with Crippen LogP contribution in [0.1, 0.15) is 36.7 Å². The van der Waals surface area contributed by atoms with Gasteiger partial charge in [-0.3, -0.25) is 0 Å².